The topological polar surface area (TPSA) is 104 Å². The lowest BCUT2D eigenvalue weighted by atomic mass is 10.00. The standard InChI is InChI=1S/C53H60N8O2/c1-37-47(57-51(55-37)46-21-15-35-61(46)53(63)49(43-18-8-3-9-19-43)59-32-12-5-13-33-59)41-28-24-39(25-29-41)38-22-26-40(27-23-38)44-36-54-50(56-44)45-20-14-34-60(45)52(62)48(42-16-6-2-7-17-42)58-30-10-4-11-31-58/h2-3,6-9,16-19,22-29,36,45-46,48-49H,4-5,10-15,20-21,30-35H2,1H3,(H,54,56)(H,55,57)/t45-,46-,48+,49+/m0/s1. The normalized spacial score (nSPS) is 20.8. The molecule has 4 fully saturated rings. The van der Waals surface area contributed by atoms with Gasteiger partial charge in [-0.25, -0.2) is 9.97 Å². The van der Waals surface area contributed by atoms with E-state index in [4.69, 9.17) is 9.97 Å². The number of amides is 2. The predicted octanol–water partition coefficient (Wildman–Crippen LogP) is 10.2. The van der Waals surface area contributed by atoms with Gasteiger partial charge in [-0.05, 0) is 112 Å². The van der Waals surface area contributed by atoms with Crippen LogP contribution in [-0.2, 0) is 9.59 Å². The molecule has 0 radical (unpaired) electrons. The third-order valence-electron chi connectivity index (χ3n) is 14.1. The van der Waals surface area contributed by atoms with Crippen LogP contribution in [0.2, 0.25) is 0 Å². The molecule has 0 unspecified atom stereocenters. The van der Waals surface area contributed by atoms with Gasteiger partial charge in [-0.2, -0.15) is 0 Å². The van der Waals surface area contributed by atoms with E-state index in [0.717, 1.165) is 153 Å². The minimum atomic E-state index is -0.260. The van der Waals surface area contributed by atoms with Gasteiger partial charge in [0.15, 0.2) is 0 Å². The Balaban J connectivity index is 0.817. The number of carbonyl (C=O) groups is 2. The van der Waals surface area contributed by atoms with Crippen molar-refractivity contribution in [2.75, 3.05) is 39.3 Å². The van der Waals surface area contributed by atoms with Crippen LogP contribution in [0, 0.1) is 6.92 Å². The van der Waals surface area contributed by atoms with Crippen LogP contribution in [0.4, 0.5) is 0 Å². The molecule has 2 amide bonds. The lowest BCUT2D eigenvalue weighted by Crippen LogP contribution is -2.44. The molecule has 0 spiro atoms. The van der Waals surface area contributed by atoms with E-state index < -0.39 is 0 Å². The minimum Gasteiger partial charge on any atom is -0.344 e. The van der Waals surface area contributed by atoms with E-state index in [0.29, 0.717) is 0 Å². The fourth-order valence-corrected chi connectivity index (χ4v) is 10.8. The van der Waals surface area contributed by atoms with Gasteiger partial charge in [-0.1, -0.05) is 122 Å². The predicted molar refractivity (Wildman–Crippen MR) is 248 cm³/mol. The number of nitrogens with one attached hydrogen (secondary N) is 2. The maximum Gasteiger partial charge on any atom is 0.245 e. The lowest BCUT2D eigenvalue weighted by molar-refractivity contribution is -0.139. The average molecular weight is 841 g/mol. The Labute approximate surface area is 371 Å². The van der Waals surface area contributed by atoms with E-state index in [2.05, 4.69) is 109 Å². The summed E-state index contributed by atoms with van der Waals surface area (Å²) >= 11 is 0. The summed E-state index contributed by atoms with van der Waals surface area (Å²) in [5.74, 6) is 2.12. The first-order valence-corrected chi connectivity index (χ1v) is 23.5. The highest BCUT2D eigenvalue weighted by molar-refractivity contribution is 5.85. The summed E-state index contributed by atoms with van der Waals surface area (Å²) in [6.45, 7) is 7.41. The molecule has 10 nitrogen and oxygen atoms in total. The number of carbonyl (C=O) groups excluding carboxylic acids is 2. The first-order chi connectivity index (χ1) is 31.0. The van der Waals surface area contributed by atoms with Crippen molar-refractivity contribution in [1.82, 2.24) is 39.5 Å². The molecule has 63 heavy (non-hydrogen) atoms. The molecule has 4 aliphatic rings. The molecule has 6 aromatic rings. The Hall–Kier alpha value is -5.84. The zero-order valence-corrected chi connectivity index (χ0v) is 36.6. The number of piperidine rings is 2. The zero-order chi connectivity index (χ0) is 42.7. The fourth-order valence-electron chi connectivity index (χ4n) is 10.8. The first-order valence-electron chi connectivity index (χ1n) is 23.5. The molecule has 10 rings (SSSR count). The summed E-state index contributed by atoms with van der Waals surface area (Å²) in [6, 6.07) is 37.3. The molecule has 4 saturated heterocycles. The number of benzene rings is 4. The van der Waals surface area contributed by atoms with Gasteiger partial charge < -0.3 is 19.8 Å². The van der Waals surface area contributed by atoms with E-state index in [9.17, 15) is 9.59 Å². The van der Waals surface area contributed by atoms with Gasteiger partial charge in [0, 0.05) is 24.3 Å². The van der Waals surface area contributed by atoms with Crippen LogP contribution in [0.1, 0.15) is 117 Å². The molecule has 4 aromatic carbocycles. The molecule has 0 aliphatic carbocycles. The van der Waals surface area contributed by atoms with Crippen LogP contribution in [0.25, 0.3) is 33.6 Å². The third kappa shape index (κ3) is 8.51. The molecule has 6 heterocycles. The van der Waals surface area contributed by atoms with Crippen molar-refractivity contribution in [2.45, 2.75) is 95.3 Å². The van der Waals surface area contributed by atoms with Crippen molar-refractivity contribution < 1.29 is 9.59 Å². The number of aromatic amines is 2. The first kappa shape index (κ1) is 41.2. The number of H-pyrrole nitrogens is 2. The van der Waals surface area contributed by atoms with Gasteiger partial charge in [0.2, 0.25) is 11.8 Å². The third-order valence-corrected chi connectivity index (χ3v) is 14.1. The number of nitrogens with zero attached hydrogens (tertiary/aromatic N) is 6. The molecular formula is C53H60N8O2. The number of aromatic nitrogens is 4. The largest absolute Gasteiger partial charge is 0.344 e. The van der Waals surface area contributed by atoms with E-state index in [-0.39, 0.29) is 36.0 Å². The molecule has 2 N–H and O–H groups in total. The molecule has 4 aliphatic heterocycles. The summed E-state index contributed by atoms with van der Waals surface area (Å²) in [6.07, 6.45) is 12.7. The highest BCUT2D eigenvalue weighted by Crippen LogP contribution is 2.39. The van der Waals surface area contributed by atoms with Crippen LogP contribution in [0.15, 0.2) is 115 Å². The number of hydrogen-bond acceptors (Lipinski definition) is 6. The van der Waals surface area contributed by atoms with Crippen molar-refractivity contribution in [2.24, 2.45) is 0 Å². The fraction of sp³-hybridized carbons (Fsp3) is 0.396. The summed E-state index contributed by atoms with van der Waals surface area (Å²) in [7, 11) is 0. The maximum absolute atomic E-state index is 14.5. The second-order valence-electron chi connectivity index (χ2n) is 18.1. The summed E-state index contributed by atoms with van der Waals surface area (Å²) in [4.78, 5) is 55.1. The van der Waals surface area contributed by atoms with E-state index in [1.54, 1.807) is 0 Å². The lowest BCUT2D eigenvalue weighted by Gasteiger charge is -2.37. The van der Waals surface area contributed by atoms with Gasteiger partial charge in [0.25, 0.3) is 0 Å². The number of aryl methyl sites for hydroxylation is 1. The van der Waals surface area contributed by atoms with Crippen LogP contribution in [0.3, 0.4) is 0 Å². The highest BCUT2D eigenvalue weighted by Gasteiger charge is 2.40. The molecule has 4 atom stereocenters. The van der Waals surface area contributed by atoms with E-state index in [1.807, 2.05) is 42.6 Å². The molecule has 324 valence electrons. The Morgan fingerprint density at radius 2 is 0.984 bits per heavy atom. The number of rotatable bonds is 11. The van der Waals surface area contributed by atoms with E-state index in [1.165, 1.54) is 12.8 Å². The van der Waals surface area contributed by atoms with Crippen molar-refractivity contribution in [1.29, 1.82) is 0 Å². The van der Waals surface area contributed by atoms with Crippen LogP contribution in [0.5, 0.6) is 0 Å². The van der Waals surface area contributed by atoms with Crippen molar-refractivity contribution in [3.05, 3.63) is 144 Å². The van der Waals surface area contributed by atoms with Gasteiger partial charge in [0.1, 0.15) is 23.7 Å². The molecule has 0 saturated carbocycles. The minimum absolute atomic E-state index is 0.0645. The van der Waals surface area contributed by atoms with E-state index >= 15 is 0 Å². The van der Waals surface area contributed by atoms with Gasteiger partial charge in [-0.15, -0.1) is 0 Å². The summed E-state index contributed by atoms with van der Waals surface area (Å²) in [5, 5.41) is 0. The van der Waals surface area contributed by atoms with Gasteiger partial charge in [-0.3, -0.25) is 19.4 Å². The quantitative estimate of drug-likeness (QED) is 0.135. The number of imidazole rings is 2. The van der Waals surface area contributed by atoms with Gasteiger partial charge in [0.05, 0.1) is 29.7 Å². The average Bonchev–Trinajstić information content (AvgIpc) is 4.19. The summed E-state index contributed by atoms with van der Waals surface area (Å²) < 4.78 is 0. The van der Waals surface area contributed by atoms with Crippen molar-refractivity contribution in [3.8, 4) is 33.6 Å². The molecular weight excluding hydrogens is 781 g/mol. The number of likely N-dealkylation sites (tertiary alicyclic amines) is 4. The monoisotopic (exact) mass is 840 g/mol. The number of hydrogen-bond donors (Lipinski definition) is 2. The highest BCUT2D eigenvalue weighted by atomic mass is 16.2. The van der Waals surface area contributed by atoms with Crippen LogP contribution in [-0.4, -0.2) is 90.6 Å². The second-order valence-corrected chi connectivity index (χ2v) is 18.1. The SMILES string of the molecule is Cc1[nH]c([C@@H]2CCCN2C(=O)[C@@H](c2ccccc2)N2CCCCC2)nc1-c1ccc(-c2ccc(-c3cnc([C@@H]4CCCN4C(=O)[C@@H](c4ccccc4)N4CCCCC4)[nH]3)cc2)cc1. The Kier molecular flexibility index (Phi) is 12.1. The maximum atomic E-state index is 14.5. The van der Waals surface area contributed by atoms with Crippen molar-refractivity contribution in [3.63, 3.8) is 0 Å². The smallest absolute Gasteiger partial charge is 0.245 e. The molecule has 2 aromatic heterocycles. The van der Waals surface area contributed by atoms with Crippen LogP contribution < -0.4 is 0 Å². The summed E-state index contributed by atoms with van der Waals surface area (Å²) in [5.41, 5.74) is 9.43. The Morgan fingerprint density at radius 3 is 1.49 bits per heavy atom. The molecule has 0 bridgehead atoms. The second kappa shape index (κ2) is 18.5. The zero-order valence-electron chi connectivity index (χ0n) is 36.6. The molecule has 10 heteroatoms. The van der Waals surface area contributed by atoms with Gasteiger partial charge >= 0.3 is 0 Å². The Bertz CT molecular complexity index is 2470. The Morgan fingerprint density at radius 1 is 0.524 bits per heavy atom. The van der Waals surface area contributed by atoms with Crippen molar-refractivity contribution >= 4 is 11.8 Å². The van der Waals surface area contributed by atoms with Crippen LogP contribution >= 0.6 is 0 Å².